The molecule has 268 valence electrons. The Hall–Kier alpha value is -5.13. The Balaban J connectivity index is 1.34. The monoisotopic (exact) mass is 732 g/mol. The highest BCUT2D eigenvalue weighted by Crippen LogP contribution is 2.68. The van der Waals surface area contributed by atoms with Gasteiger partial charge in [-0.1, -0.05) is 12.1 Å². The van der Waals surface area contributed by atoms with Crippen molar-refractivity contribution in [2.45, 2.75) is 50.6 Å². The Morgan fingerprint density at radius 1 is 1.08 bits per heavy atom. The average Bonchev–Trinajstić information content (AvgIpc) is 3.57. The molecule has 0 spiro atoms. The number of sulfonamides is 1. The van der Waals surface area contributed by atoms with Gasteiger partial charge in [0.1, 0.15) is 29.6 Å². The SMILES string of the molecule is Cc1nc([C@H](Cc2cc(F)cc(F)c2)NC(=O)Cn2nc(C(F)F)c3c2C(F)(F)[C@@H]2C[C@H]32)c(-c2cccc3c(NS(C)(=O)=O)nn(C)c23)cc1N. The minimum Gasteiger partial charge on any atom is -0.397 e. The second-order valence-corrected chi connectivity index (χ2v) is 14.7. The minimum atomic E-state index is -3.73. The topological polar surface area (TPSA) is 150 Å². The van der Waals surface area contributed by atoms with Crippen molar-refractivity contribution >= 4 is 38.3 Å². The average molecular weight is 733 g/mol. The minimum absolute atomic E-state index is 0.0379. The van der Waals surface area contributed by atoms with Crippen LogP contribution >= 0.6 is 0 Å². The highest BCUT2D eigenvalue weighted by molar-refractivity contribution is 7.92. The number of benzene rings is 2. The van der Waals surface area contributed by atoms with Crippen LogP contribution in [0.25, 0.3) is 22.0 Å². The fourth-order valence-electron chi connectivity index (χ4n) is 7.06. The van der Waals surface area contributed by atoms with Gasteiger partial charge in [0.05, 0.1) is 34.9 Å². The molecule has 5 aromatic rings. The Morgan fingerprint density at radius 3 is 2.45 bits per heavy atom. The molecule has 0 saturated heterocycles. The molecule has 2 aliphatic carbocycles. The maximum absolute atomic E-state index is 15.3. The van der Waals surface area contributed by atoms with Crippen molar-refractivity contribution in [1.29, 1.82) is 0 Å². The first-order valence-corrected chi connectivity index (χ1v) is 17.5. The largest absolute Gasteiger partial charge is 0.397 e. The molecule has 0 aliphatic heterocycles. The van der Waals surface area contributed by atoms with E-state index in [1.807, 2.05) is 0 Å². The van der Waals surface area contributed by atoms with Crippen molar-refractivity contribution in [3.05, 3.63) is 88.0 Å². The predicted molar refractivity (Wildman–Crippen MR) is 174 cm³/mol. The summed E-state index contributed by atoms with van der Waals surface area (Å²) >= 11 is 0. The van der Waals surface area contributed by atoms with Crippen LogP contribution in [0, 0.1) is 24.5 Å². The molecule has 3 aromatic heterocycles. The van der Waals surface area contributed by atoms with Crippen LogP contribution < -0.4 is 15.8 Å². The van der Waals surface area contributed by atoms with Gasteiger partial charge in [0.15, 0.2) is 5.82 Å². The summed E-state index contributed by atoms with van der Waals surface area (Å²) in [5.41, 5.74) is 6.57. The number of nitrogen functional groups attached to an aromatic ring is 1. The number of pyridine rings is 1. The zero-order valence-corrected chi connectivity index (χ0v) is 28.0. The number of amides is 1. The summed E-state index contributed by atoms with van der Waals surface area (Å²) in [6.45, 7) is 0.730. The summed E-state index contributed by atoms with van der Waals surface area (Å²) in [6.07, 6.45) is -2.38. The molecule has 3 heterocycles. The van der Waals surface area contributed by atoms with Crippen LogP contribution in [0.2, 0.25) is 0 Å². The van der Waals surface area contributed by atoms with E-state index in [0.717, 1.165) is 18.4 Å². The molecule has 3 atom stereocenters. The highest BCUT2D eigenvalue weighted by Gasteiger charge is 2.67. The molecule has 51 heavy (non-hydrogen) atoms. The number of alkyl halides is 4. The standard InChI is InChI=1S/C33H30F6N8O3S/c1-14-23(40)12-20(18-5-4-6-19-29(18)46(2)44-32(19)45-51(3,49)50)27(41-14)24(9-15-7-16(34)10-17(35)8-15)42-25(48)13-47-30-26(28(43-47)31(36)37)21-11-22(21)33(30,38)39/h4-8,10,12,21-22,24,31H,9,11,13,40H2,1-3H3,(H,42,48)(H,44,45)/t21-,22+,24-/m0/s1. The lowest BCUT2D eigenvalue weighted by Gasteiger charge is -2.24. The van der Waals surface area contributed by atoms with E-state index in [1.165, 1.54) is 4.68 Å². The number of rotatable bonds is 10. The molecular formula is C33H30F6N8O3S. The van der Waals surface area contributed by atoms with Crippen LogP contribution in [-0.4, -0.2) is 45.1 Å². The molecule has 11 nitrogen and oxygen atoms in total. The lowest BCUT2D eigenvalue weighted by atomic mass is 9.93. The van der Waals surface area contributed by atoms with Crippen molar-refractivity contribution in [2.75, 3.05) is 16.7 Å². The predicted octanol–water partition coefficient (Wildman–Crippen LogP) is 5.62. The molecule has 18 heteroatoms. The summed E-state index contributed by atoms with van der Waals surface area (Å²) in [6, 6.07) is 8.09. The molecule has 4 N–H and O–H groups in total. The van der Waals surface area contributed by atoms with Gasteiger partial charge in [0.2, 0.25) is 15.9 Å². The van der Waals surface area contributed by atoms with Gasteiger partial charge in [0.25, 0.3) is 12.3 Å². The molecule has 1 fully saturated rings. The smallest absolute Gasteiger partial charge is 0.293 e. The van der Waals surface area contributed by atoms with Gasteiger partial charge in [-0.3, -0.25) is 23.9 Å². The van der Waals surface area contributed by atoms with E-state index in [1.54, 1.807) is 38.2 Å². The first-order valence-electron chi connectivity index (χ1n) is 15.6. The van der Waals surface area contributed by atoms with Gasteiger partial charge in [-0.2, -0.15) is 19.0 Å². The molecule has 2 aliphatic rings. The van der Waals surface area contributed by atoms with E-state index in [0.29, 0.717) is 38.5 Å². The third kappa shape index (κ3) is 6.14. The lowest BCUT2D eigenvalue weighted by molar-refractivity contribution is -0.123. The molecule has 2 aromatic carbocycles. The Kier molecular flexibility index (Phi) is 8.07. The number of anilines is 2. The lowest BCUT2D eigenvalue weighted by Crippen LogP contribution is -2.35. The van der Waals surface area contributed by atoms with Gasteiger partial charge in [-0.25, -0.2) is 26.0 Å². The maximum Gasteiger partial charge on any atom is 0.293 e. The van der Waals surface area contributed by atoms with Crippen LogP contribution in [-0.2, 0) is 40.8 Å². The normalized spacial score (nSPS) is 18.2. The van der Waals surface area contributed by atoms with Crippen molar-refractivity contribution in [2.24, 2.45) is 13.0 Å². The summed E-state index contributed by atoms with van der Waals surface area (Å²) < 4.78 is 116. The van der Waals surface area contributed by atoms with Crippen molar-refractivity contribution in [1.82, 2.24) is 29.9 Å². The van der Waals surface area contributed by atoms with Crippen LogP contribution in [0.1, 0.15) is 58.7 Å². The van der Waals surface area contributed by atoms with E-state index in [4.69, 9.17) is 5.73 Å². The number of aryl methyl sites for hydroxylation is 2. The number of fused-ring (bicyclic) bond motifs is 4. The van der Waals surface area contributed by atoms with Crippen LogP contribution in [0.3, 0.4) is 0 Å². The molecule has 1 amide bonds. The molecule has 7 rings (SSSR count). The van der Waals surface area contributed by atoms with Gasteiger partial charge in [-0.05, 0) is 55.5 Å². The second-order valence-electron chi connectivity index (χ2n) is 12.9. The first kappa shape index (κ1) is 34.3. The Labute approximate surface area is 286 Å². The zero-order chi connectivity index (χ0) is 36.7. The number of para-hydroxylation sites is 1. The van der Waals surface area contributed by atoms with Crippen molar-refractivity contribution in [3.8, 4) is 11.1 Å². The van der Waals surface area contributed by atoms with Crippen LogP contribution in [0.15, 0.2) is 42.5 Å². The number of nitrogens with zero attached hydrogens (tertiary/aromatic N) is 5. The number of nitrogens with two attached hydrogens (primary N) is 1. The quantitative estimate of drug-likeness (QED) is 0.158. The number of nitrogens with one attached hydrogen (secondary N) is 2. The third-order valence-electron chi connectivity index (χ3n) is 9.21. The number of hydrogen-bond acceptors (Lipinski definition) is 7. The van der Waals surface area contributed by atoms with Gasteiger partial charge in [-0.15, -0.1) is 0 Å². The van der Waals surface area contributed by atoms with Crippen molar-refractivity contribution < 1.29 is 39.6 Å². The van der Waals surface area contributed by atoms with E-state index < -0.39 is 75.7 Å². The summed E-state index contributed by atoms with van der Waals surface area (Å²) in [4.78, 5) is 18.4. The number of aromatic nitrogens is 5. The maximum atomic E-state index is 15.3. The molecule has 0 bridgehead atoms. The Bertz CT molecular complexity index is 2340. The fourth-order valence-corrected chi connectivity index (χ4v) is 7.56. The van der Waals surface area contributed by atoms with Gasteiger partial charge >= 0.3 is 0 Å². The second kappa shape index (κ2) is 12.0. The first-order chi connectivity index (χ1) is 23.9. The molecule has 0 radical (unpaired) electrons. The molecule has 0 unspecified atom stereocenters. The zero-order valence-electron chi connectivity index (χ0n) is 27.2. The number of carbonyl (C=O) groups excluding carboxylic acids is 1. The summed E-state index contributed by atoms with van der Waals surface area (Å²) in [7, 11) is -2.15. The van der Waals surface area contributed by atoms with E-state index in [9.17, 15) is 30.8 Å². The fraction of sp³-hybridized carbons (Fsp3) is 0.333. The highest BCUT2D eigenvalue weighted by atomic mass is 32.2. The summed E-state index contributed by atoms with van der Waals surface area (Å²) in [5.74, 6) is -8.03. The number of halogens is 6. The molecule has 1 saturated carbocycles. The Morgan fingerprint density at radius 2 is 1.78 bits per heavy atom. The van der Waals surface area contributed by atoms with Crippen molar-refractivity contribution in [3.63, 3.8) is 0 Å². The van der Waals surface area contributed by atoms with Gasteiger partial charge in [0, 0.05) is 41.1 Å². The van der Waals surface area contributed by atoms with Crippen LogP contribution in [0.4, 0.5) is 37.8 Å². The van der Waals surface area contributed by atoms with E-state index in [2.05, 4.69) is 25.2 Å². The van der Waals surface area contributed by atoms with Gasteiger partial charge < -0.3 is 11.1 Å². The number of carbonyl (C=O) groups is 1. The summed E-state index contributed by atoms with van der Waals surface area (Å²) in [5, 5.41) is 11.2. The molecular weight excluding hydrogens is 702 g/mol. The third-order valence-corrected chi connectivity index (χ3v) is 9.77. The van der Waals surface area contributed by atoms with Crippen LogP contribution in [0.5, 0.6) is 0 Å². The number of hydrogen-bond donors (Lipinski definition) is 3. The van der Waals surface area contributed by atoms with E-state index in [-0.39, 0.29) is 41.2 Å². The van der Waals surface area contributed by atoms with E-state index >= 15 is 8.78 Å².